The number of methoxy groups -OCH3 is 2. The van der Waals surface area contributed by atoms with Crippen LogP contribution in [0.5, 0.6) is 11.5 Å². The third kappa shape index (κ3) is 5.01. The minimum absolute atomic E-state index is 0.143. The minimum atomic E-state index is -0.143. The number of ether oxygens (including phenoxy) is 2. The second-order valence-electron chi connectivity index (χ2n) is 5.99. The monoisotopic (exact) mass is 401 g/mol. The smallest absolute Gasteiger partial charge is 0.226 e. The summed E-state index contributed by atoms with van der Waals surface area (Å²) in [6, 6.07) is 12.4. The van der Waals surface area contributed by atoms with Crippen LogP contribution in [0.2, 0.25) is 5.02 Å². The average molecular weight is 402 g/mol. The Morgan fingerprint density at radius 3 is 2.64 bits per heavy atom. The number of nitrogens with one attached hydrogen (secondary N) is 1. The van der Waals surface area contributed by atoms with Crippen LogP contribution < -0.4 is 14.8 Å². The number of amides is 1. The van der Waals surface area contributed by atoms with E-state index in [9.17, 15) is 4.79 Å². The molecule has 0 aliphatic heterocycles. The molecule has 0 aliphatic rings. The van der Waals surface area contributed by atoms with Gasteiger partial charge in [-0.2, -0.15) is 4.98 Å². The summed E-state index contributed by atoms with van der Waals surface area (Å²) in [4.78, 5) is 16.5. The highest BCUT2D eigenvalue weighted by molar-refractivity contribution is 6.31. The SMILES string of the molecule is COc1ccc(-c2noc(CCCC(=O)Nc3cc(Cl)ccc3OC)n2)cc1. The van der Waals surface area contributed by atoms with Gasteiger partial charge in [0.2, 0.25) is 17.6 Å². The van der Waals surface area contributed by atoms with Crippen molar-refractivity contribution in [1.82, 2.24) is 10.1 Å². The zero-order valence-corrected chi connectivity index (χ0v) is 16.3. The molecule has 28 heavy (non-hydrogen) atoms. The van der Waals surface area contributed by atoms with Crippen molar-refractivity contribution >= 4 is 23.2 Å². The summed E-state index contributed by atoms with van der Waals surface area (Å²) in [6.45, 7) is 0. The number of anilines is 1. The van der Waals surface area contributed by atoms with Crippen LogP contribution in [0, 0.1) is 0 Å². The molecule has 1 heterocycles. The lowest BCUT2D eigenvalue weighted by molar-refractivity contribution is -0.116. The molecule has 0 saturated carbocycles. The van der Waals surface area contributed by atoms with Gasteiger partial charge in [0, 0.05) is 23.4 Å². The van der Waals surface area contributed by atoms with Crippen molar-refractivity contribution in [2.75, 3.05) is 19.5 Å². The Kier molecular flexibility index (Phi) is 6.49. The molecule has 1 amide bonds. The molecule has 0 aliphatic carbocycles. The number of hydrogen-bond acceptors (Lipinski definition) is 6. The molecule has 0 unspecified atom stereocenters. The van der Waals surface area contributed by atoms with Gasteiger partial charge in [0.1, 0.15) is 11.5 Å². The Balaban J connectivity index is 1.52. The molecule has 7 nitrogen and oxygen atoms in total. The molecule has 0 spiro atoms. The van der Waals surface area contributed by atoms with E-state index >= 15 is 0 Å². The molecule has 1 aromatic heterocycles. The van der Waals surface area contributed by atoms with Crippen molar-refractivity contribution < 1.29 is 18.8 Å². The summed E-state index contributed by atoms with van der Waals surface area (Å²) in [5.41, 5.74) is 1.38. The minimum Gasteiger partial charge on any atom is -0.497 e. The number of carbonyl (C=O) groups excluding carboxylic acids is 1. The van der Waals surface area contributed by atoms with E-state index in [0.717, 1.165) is 11.3 Å². The summed E-state index contributed by atoms with van der Waals surface area (Å²) < 4.78 is 15.6. The van der Waals surface area contributed by atoms with Gasteiger partial charge in [-0.15, -0.1) is 0 Å². The number of benzene rings is 2. The fourth-order valence-corrected chi connectivity index (χ4v) is 2.78. The standard InChI is InChI=1S/C20H20ClN3O4/c1-26-15-9-6-13(7-10-15)20-23-19(28-24-20)5-3-4-18(25)22-16-12-14(21)8-11-17(16)27-2/h6-12H,3-5H2,1-2H3,(H,22,25). The van der Waals surface area contributed by atoms with Gasteiger partial charge < -0.3 is 19.3 Å². The summed E-state index contributed by atoms with van der Waals surface area (Å²) in [6.07, 6.45) is 1.37. The van der Waals surface area contributed by atoms with E-state index in [0.29, 0.717) is 47.4 Å². The molecule has 2 aromatic carbocycles. The Labute approximate surface area is 167 Å². The number of carbonyl (C=O) groups is 1. The van der Waals surface area contributed by atoms with E-state index < -0.39 is 0 Å². The van der Waals surface area contributed by atoms with Crippen molar-refractivity contribution in [3.63, 3.8) is 0 Å². The van der Waals surface area contributed by atoms with Crippen LogP contribution in [0.25, 0.3) is 11.4 Å². The number of nitrogens with zero attached hydrogens (tertiary/aromatic N) is 2. The molecule has 0 atom stereocenters. The van der Waals surface area contributed by atoms with Gasteiger partial charge in [-0.1, -0.05) is 16.8 Å². The number of hydrogen-bond donors (Lipinski definition) is 1. The first-order valence-electron chi connectivity index (χ1n) is 8.69. The number of rotatable bonds is 8. The van der Waals surface area contributed by atoms with Crippen LogP contribution in [0.15, 0.2) is 47.0 Å². The quantitative estimate of drug-likeness (QED) is 0.603. The largest absolute Gasteiger partial charge is 0.497 e. The Hall–Kier alpha value is -3.06. The van der Waals surface area contributed by atoms with E-state index in [1.165, 1.54) is 7.11 Å². The maximum absolute atomic E-state index is 12.2. The van der Waals surface area contributed by atoms with Crippen molar-refractivity contribution in [2.24, 2.45) is 0 Å². The van der Waals surface area contributed by atoms with Crippen LogP contribution >= 0.6 is 11.6 Å². The summed E-state index contributed by atoms with van der Waals surface area (Å²) >= 11 is 5.97. The second-order valence-corrected chi connectivity index (χ2v) is 6.42. The van der Waals surface area contributed by atoms with Gasteiger partial charge in [-0.05, 0) is 48.9 Å². The van der Waals surface area contributed by atoms with E-state index in [-0.39, 0.29) is 5.91 Å². The van der Waals surface area contributed by atoms with Crippen LogP contribution in [-0.4, -0.2) is 30.3 Å². The number of aryl methyl sites for hydroxylation is 1. The Bertz CT molecular complexity index is 941. The topological polar surface area (TPSA) is 86.5 Å². The number of halogens is 1. The van der Waals surface area contributed by atoms with E-state index in [2.05, 4.69) is 15.5 Å². The van der Waals surface area contributed by atoms with Crippen LogP contribution in [0.3, 0.4) is 0 Å². The molecular formula is C20H20ClN3O4. The third-order valence-corrected chi connectivity index (χ3v) is 4.28. The molecule has 0 bridgehead atoms. The van der Waals surface area contributed by atoms with Gasteiger partial charge in [-0.3, -0.25) is 4.79 Å². The lowest BCUT2D eigenvalue weighted by atomic mass is 10.2. The van der Waals surface area contributed by atoms with Crippen LogP contribution in [0.1, 0.15) is 18.7 Å². The summed E-state index contributed by atoms with van der Waals surface area (Å²) in [5.74, 6) is 2.16. The fraction of sp³-hybridized carbons (Fsp3) is 0.250. The Morgan fingerprint density at radius 1 is 1.14 bits per heavy atom. The molecule has 0 saturated heterocycles. The normalized spacial score (nSPS) is 10.5. The molecular weight excluding hydrogens is 382 g/mol. The van der Waals surface area contributed by atoms with Crippen molar-refractivity contribution in [3.8, 4) is 22.9 Å². The molecule has 3 aromatic rings. The zero-order valence-electron chi connectivity index (χ0n) is 15.6. The molecule has 0 radical (unpaired) electrons. The molecule has 1 N–H and O–H groups in total. The highest BCUT2D eigenvalue weighted by atomic mass is 35.5. The maximum atomic E-state index is 12.2. The zero-order chi connectivity index (χ0) is 19.9. The van der Waals surface area contributed by atoms with Crippen molar-refractivity contribution in [3.05, 3.63) is 53.4 Å². The van der Waals surface area contributed by atoms with E-state index in [1.807, 2.05) is 24.3 Å². The van der Waals surface area contributed by atoms with E-state index in [1.54, 1.807) is 25.3 Å². The second kappa shape index (κ2) is 9.23. The van der Waals surface area contributed by atoms with Crippen molar-refractivity contribution in [2.45, 2.75) is 19.3 Å². The lowest BCUT2D eigenvalue weighted by Crippen LogP contribution is -2.12. The highest BCUT2D eigenvalue weighted by Gasteiger charge is 2.11. The molecule has 3 rings (SSSR count). The highest BCUT2D eigenvalue weighted by Crippen LogP contribution is 2.28. The van der Waals surface area contributed by atoms with Crippen LogP contribution in [-0.2, 0) is 11.2 Å². The summed E-state index contributed by atoms with van der Waals surface area (Å²) in [5, 5.41) is 7.31. The van der Waals surface area contributed by atoms with E-state index in [4.69, 9.17) is 25.6 Å². The van der Waals surface area contributed by atoms with Gasteiger partial charge in [-0.25, -0.2) is 0 Å². The first-order valence-corrected chi connectivity index (χ1v) is 9.07. The fourth-order valence-electron chi connectivity index (χ4n) is 2.60. The van der Waals surface area contributed by atoms with Crippen LogP contribution in [0.4, 0.5) is 5.69 Å². The predicted octanol–water partition coefficient (Wildman–Crippen LogP) is 4.37. The van der Waals surface area contributed by atoms with Gasteiger partial charge in [0.05, 0.1) is 19.9 Å². The predicted molar refractivity (Wildman–Crippen MR) is 106 cm³/mol. The molecule has 0 fully saturated rings. The first kappa shape index (κ1) is 19.7. The lowest BCUT2D eigenvalue weighted by Gasteiger charge is -2.10. The summed E-state index contributed by atoms with van der Waals surface area (Å²) in [7, 11) is 3.15. The van der Waals surface area contributed by atoms with Gasteiger partial charge >= 0.3 is 0 Å². The molecule has 146 valence electrons. The molecule has 8 heteroatoms. The van der Waals surface area contributed by atoms with Crippen molar-refractivity contribution in [1.29, 1.82) is 0 Å². The van der Waals surface area contributed by atoms with Gasteiger partial charge in [0.25, 0.3) is 0 Å². The first-order chi connectivity index (χ1) is 13.6. The Morgan fingerprint density at radius 2 is 1.93 bits per heavy atom. The average Bonchev–Trinajstić information content (AvgIpc) is 3.17. The maximum Gasteiger partial charge on any atom is 0.226 e. The van der Waals surface area contributed by atoms with Gasteiger partial charge in [0.15, 0.2) is 0 Å². The number of aromatic nitrogens is 2. The third-order valence-electron chi connectivity index (χ3n) is 4.05.